The topological polar surface area (TPSA) is 120 Å². The molecule has 2 atom stereocenters. The molecule has 162 valence electrons. The number of carbonyl (C=O) groups is 1. The van der Waals surface area contributed by atoms with Crippen LogP contribution in [-0.4, -0.2) is 32.7 Å². The normalized spacial score (nSPS) is 14.4. The van der Waals surface area contributed by atoms with Crippen LogP contribution in [0.4, 0.5) is 0 Å². The maximum absolute atomic E-state index is 11.9. The second-order valence-electron chi connectivity index (χ2n) is 8.12. The monoisotopic (exact) mass is 433 g/mol. The maximum atomic E-state index is 11.9. The fraction of sp³-hybridized carbons (Fsp3) is 0.409. The van der Waals surface area contributed by atoms with E-state index in [-0.39, 0.29) is 12.8 Å². The fourth-order valence-electron chi connectivity index (χ4n) is 3.65. The van der Waals surface area contributed by atoms with E-state index in [0.717, 1.165) is 22.8 Å². The Bertz CT molecular complexity index is 1070. The first-order chi connectivity index (χ1) is 14.1. The first kappa shape index (κ1) is 22.5. The van der Waals surface area contributed by atoms with Crippen LogP contribution in [0.15, 0.2) is 46.9 Å². The van der Waals surface area contributed by atoms with Crippen molar-refractivity contribution in [2.24, 2.45) is 5.92 Å². The molecule has 2 aromatic carbocycles. The van der Waals surface area contributed by atoms with Gasteiger partial charge in [-0.3, -0.25) is 14.7 Å². The van der Waals surface area contributed by atoms with Crippen LogP contribution >= 0.6 is 7.60 Å². The van der Waals surface area contributed by atoms with Crippen molar-refractivity contribution in [3.63, 3.8) is 0 Å². The van der Waals surface area contributed by atoms with Crippen LogP contribution in [0.3, 0.4) is 0 Å². The van der Waals surface area contributed by atoms with Gasteiger partial charge < -0.3 is 19.3 Å². The zero-order valence-electron chi connectivity index (χ0n) is 17.1. The number of fused-ring (bicyclic) bond motifs is 3. The van der Waals surface area contributed by atoms with E-state index in [0.29, 0.717) is 23.5 Å². The molecule has 0 radical (unpaired) electrons. The lowest BCUT2D eigenvalue weighted by Gasteiger charge is -2.24. The van der Waals surface area contributed by atoms with Gasteiger partial charge in [0.05, 0.1) is 0 Å². The Labute approximate surface area is 175 Å². The first-order valence-corrected chi connectivity index (χ1v) is 11.8. The molecule has 0 aliphatic carbocycles. The van der Waals surface area contributed by atoms with Crippen molar-refractivity contribution in [2.45, 2.75) is 51.4 Å². The summed E-state index contributed by atoms with van der Waals surface area (Å²) in [4.78, 5) is 31.2. The quantitative estimate of drug-likeness (QED) is 0.348. The molecule has 0 unspecified atom stereocenters. The zero-order chi connectivity index (χ0) is 21.9. The van der Waals surface area contributed by atoms with Gasteiger partial charge in [0, 0.05) is 10.8 Å². The summed E-state index contributed by atoms with van der Waals surface area (Å²) >= 11 is 0. The molecule has 30 heavy (non-hydrogen) atoms. The molecule has 0 saturated carbocycles. The third-order valence-electron chi connectivity index (χ3n) is 5.24. The Morgan fingerprint density at radius 2 is 1.77 bits per heavy atom. The highest BCUT2D eigenvalue weighted by Crippen LogP contribution is 2.42. The van der Waals surface area contributed by atoms with Crippen LogP contribution in [0.1, 0.15) is 38.7 Å². The number of hydrogen-bond acceptors (Lipinski definition) is 4. The molecule has 0 bridgehead atoms. The molecular formula is C22H28NO6P. The van der Waals surface area contributed by atoms with E-state index in [9.17, 15) is 24.3 Å². The highest BCUT2D eigenvalue weighted by atomic mass is 31.2. The summed E-state index contributed by atoms with van der Waals surface area (Å²) in [5.41, 5.74) is 2.12. The highest BCUT2D eigenvalue weighted by molar-refractivity contribution is 7.52. The third kappa shape index (κ3) is 5.49. The van der Waals surface area contributed by atoms with Gasteiger partial charge in [0.1, 0.15) is 23.0 Å². The van der Waals surface area contributed by atoms with Crippen LogP contribution in [0.5, 0.6) is 0 Å². The van der Waals surface area contributed by atoms with Crippen LogP contribution < -0.4 is 5.32 Å². The summed E-state index contributed by atoms with van der Waals surface area (Å²) in [5.74, 6) is -1.93. The summed E-state index contributed by atoms with van der Waals surface area (Å²) in [6, 6.07) is 12.0. The molecule has 7 nitrogen and oxygen atoms in total. The Morgan fingerprint density at radius 1 is 1.07 bits per heavy atom. The third-order valence-corrected chi connectivity index (χ3v) is 6.46. The van der Waals surface area contributed by atoms with Gasteiger partial charge >= 0.3 is 13.6 Å². The van der Waals surface area contributed by atoms with Crippen LogP contribution in [0.25, 0.3) is 21.9 Å². The summed E-state index contributed by atoms with van der Waals surface area (Å²) < 4.78 is 17.8. The average molecular weight is 433 g/mol. The summed E-state index contributed by atoms with van der Waals surface area (Å²) in [6.45, 7) is 4.07. The Balaban J connectivity index is 1.79. The zero-order valence-corrected chi connectivity index (χ0v) is 18.0. The molecule has 0 aliphatic heterocycles. The predicted octanol–water partition coefficient (Wildman–Crippen LogP) is 4.50. The first-order valence-electron chi connectivity index (χ1n) is 10.1. The summed E-state index contributed by atoms with van der Waals surface area (Å²) in [6.07, 6.45) is 1.73. The minimum absolute atomic E-state index is 0.0863. The summed E-state index contributed by atoms with van der Waals surface area (Å²) in [7, 11) is -4.49. The van der Waals surface area contributed by atoms with Gasteiger partial charge in [-0.2, -0.15) is 0 Å². The number of aliphatic carboxylic acids is 1. The highest BCUT2D eigenvalue weighted by Gasteiger charge is 2.32. The van der Waals surface area contributed by atoms with Crippen molar-refractivity contribution in [2.75, 3.05) is 0 Å². The lowest BCUT2D eigenvalue weighted by Crippen LogP contribution is -2.44. The number of para-hydroxylation sites is 1. The minimum Gasteiger partial charge on any atom is -0.480 e. The van der Waals surface area contributed by atoms with Gasteiger partial charge in [-0.1, -0.05) is 57.0 Å². The van der Waals surface area contributed by atoms with E-state index in [1.165, 1.54) is 0 Å². The molecule has 0 saturated heterocycles. The minimum atomic E-state index is -4.49. The van der Waals surface area contributed by atoms with E-state index in [2.05, 4.69) is 5.32 Å². The molecule has 3 aromatic rings. The Kier molecular flexibility index (Phi) is 6.98. The molecule has 0 aliphatic rings. The molecule has 1 heterocycles. The SMILES string of the molecule is CC(C)CCC[C@H](N[C@@H](Cc1ccc2c(c1)oc1ccccc12)C(=O)O)P(=O)(O)O. The van der Waals surface area contributed by atoms with Crippen molar-refractivity contribution < 1.29 is 28.7 Å². The number of benzene rings is 2. The molecular weight excluding hydrogens is 405 g/mol. The van der Waals surface area contributed by atoms with E-state index in [1.54, 1.807) is 6.07 Å². The maximum Gasteiger partial charge on any atom is 0.342 e. The number of nitrogens with one attached hydrogen (secondary N) is 1. The largest absolute Gasteiger partial charge is 0.480 e. The second-order valence-corrected chi connectivity index (χ2v) is 9.92. The van der Waals surface area contributed by atoms with Crippen molar-refractivity contribution in [3.8, 4) is 0 Å². The smallest absolute Gasteiger partial charge is 0.342 e. The number of furan rings is 1. The Morgan fingerprint density at radius 3 is 2.43 bits per heavy atom. The fourth-order valence-corrected chi connectivity index (χ4v) is 4.54. The van der Waals surface area contributed by atoms with Gasteiger partial charge in [0.25, 0.3) is 0 Å². The number of hydrogen-bond donors (Lipinski definition) is 4. The number of carboxylic acids is 1. The molecule has 8 heteroatoms. The van der Waals surface area contributed by atoms with Gasteiger partial charge in [-0.25, -0.2) is 0 Å². The van der Waals surface area contributed by atoms with Gasteiger partial charge in [0.15, 0.2) is 0 Å². The van der Waals surface area contributed by atoms with E-state index < -0.39 is 25.4 Å². The molecule has 0 spiro atoms. The Hall–Kier alpha value is -2.18. The van der Waals surface area contributed by atoms with Crippen LogP contribution in [0, 0.1) is 5.92 Å². The molecule has 0 amide bonds. The molecule has 4 N–H and O–H groups in total. The second kappa shape index (κ2) is 9.31. The van der Waals surface area contributed by atoms with E-state index in [1.807, 2.05) is 50.2 Å². The van der Waals surface area contributed by atoms with Crippen molar-refractivity contribution in [3.05, 3.63) is 48.0 Å². The lowest BCUT2D eigenvalue weighted by atomic mass is 10.0. The van der Waals surface area contributed by atoms with Gasteiger partial charge in [-0.15, -0.1) is 0 Å². The molecule has 1 aromatic heterocycles. The number of rotatable bonds is 10. The van der Waals surface area contributed by atoms with Crippen LogP contribution in [0.2, 0.25) is 0 Å². The number of carboxylic acid groups (broad SMARTS) is 1. The van der Waals surface area contributed by atoms with Crippen molar-refractivity contribution in [1.29, 1.82) is 0 Å². The van der Waals surface area contributed by atoms with Crippen molar-refractivity contribution in [1.82, 2.24) is 5.32 Å². The summed E-state index contributed by atoms with van der Waals surface area (Å²) in [5, 5.41) is 14.3. The van der Waals surface area contributed by atoms with E-state index in [4.69, 9.17) is 4.42 Å². The van der Waals surface area contributed by atoms with Crippen LogP contribution in [-0.2, 0) is 15.8 Å². The predicted molar refractivity (Wildman–Crippen MR) is 117 cm³/mol. The van der Waals surface area contributed by atoms with E-state index >= 15 is 0 Å². The average Bonchev–Trinajstić information content (AvgIpc) is 3.02. The molecule has 3 rings (SSSR count). The standard InChI is InChI=1S/C22H28NO6P/c1-14(2)6-5-9-21(30(26,27)28)23-18(22(24)25)12-15-10-11-17-16-7-3-4-8-19(16)29-20(17)13-15/h3-4,7-8,10-11,13-14,18,21,23H,5-6,9,12H2,1-2H3,(H,24,25)(H2,26,27,28)/t18-,21+/m0/s1. The van der Waals surface area contributed by atoms with Gasteiger partial charge in [0.2, 0.25) is 0 Å². The molecule has 0 fully saturated rings. The lowest BCUT2D eigenvalue weighted by molar-refractivity contribution is -0.139. The van der Waals surface area contributed by atoms with Gasteiger partial charge in [-0.05, 0) is 36.5 Å². The van der Waals surface area contributed by atoms with Crippen molar-refractivity contribution >= 4 is 35.5 Å².